The highest BCUT2D eigenvalue weighted by Gasteiger charge is 1.92. The van der Waals surface area contributed by atoms with Crippen molar-refractivity contribution in [1.82, 2.24) is 0 Å². The third-order valence-electron chi connectivity index (χ3n) is 0.948. The molecule has 0 aliphatic rings. The maximum absolute atomic E-state index is 10.2. The van der Waals surface area contributed by atoms with Crippen LogP contribution >= 0.6 is 0 Å². The Hall–Kier alpha value is -1.38. The number of nitrogens with two attached hydrogens (primary N) is 1. The Balaban J connectivity index is 4.58. The van der Waals surface area contributed by atoms with Crippen LogP contribution in [0.3, 0.4) is 0 Å². The van der Waals surface area contributed by atoms with Gasteiger partial charge in [0.25, 0.3) is 0 Å². The molecular weight excluding hydrogens is 128 g/mol. The Morgan fingerprint density at radius 2 is 2.30 bits per heavy atom. The third kappa shape index (κ3) is 2.26. The molecule has 2 N–H and O–H groups in total. The van der Waals surface area contributed by atoms with Gasteiger partial charge in [-0.1, -0.05) is 12.7 Å². The lowest BCUT2D eigenvalue weighted by molar-refractivity contribution is -0.104. The zero-order valence-electron chi connectivity index (χ0n) is 5.87. The Kier molecular flexibility index (Phi) is 3.87. The Bertz CT molecular complexity index is 182. The Morgan fingerprint density at radius 1 is 1.70 bits per heavy atom. The van der Waals surface area contributed by atoms with Crippen molar-refractivity contribution < 1.29 is 4.79 Å². The van der Waals surface area contributed by atoms with Crippen molar-refractivity contribution in [3.63, 3.8) is 0 Å². The van der Waals surface area contributed by atoms with Gasteiger partial charge in [-0.2, -0.15) is 0 Å². The van der Waals surface area contributed by atoms with E-state index in [0.717, 1.165) is 0 Å². The van der Waals surface area contributed by atoms with E-state index in [9.17, 15) is 4.79 Å². The summed E-state index contributed by atoms with van der Waals surface area (Å²) in [5.74, 6) is 0. The first-order chi connectivity index (χ1) is 4.76. The van der Waals surface area contributed by atoms with Crippen LogP contribution in [0.4, 0.5) is 0 Å². The lowest BCUT2D eigenvalue weighted by Crippen LogP contribution is -2.03. The molecule has 0 rings (SSSR count). The van der Waals surface area contributed by atoms with Gasteiger partial charge >= 0.3 is 0 Å². The second-order valence-corrected chi connectivity index (χ2v) is 1.62. The quantitative estimate of drug-likeness (QED) is 0.263. The van der Waals surface area contributed by atoms with Crippen LogP contribution in [0.1, 0.15) is 0 Å². The maximum atomic E-state index is 10.2. The average molecular weight is 138 g/mol. The van der Waals surface area contributed by atoms with Crippen molar-refractivity contribution in [2.75, 3.05) is 7.05 Å². The predicted octanol–water partition coefficient (Wildman–Crippen LogP) is 0.285. The van der Waals surface area contributed by atoms with Crippen LogP contribution in [0, 0.1) is 0 Å². The molecule has 0 saturated heterocycles. The molecule has 0 radical (unpaired) electrons. The molecule has 0 atom stereocenters. The molecular formula is C7H10N2O. The van der Waals surface area contributed by atoms with Crippen molar-refractivity contribution in [1.29, 1.82) is 0 Å². The van der Waals surface area contributed by atoms with Crippen molar-refractivity contribution >= 4 is 12.5 Å². The van der Waals surface area contributed by atoms with Crippen LogP contribution in [0.15, 0.2) is 28.9 Å². The summed E-state index contributed by atoms with van der Waals surface area (Å²) < 4.78 is 0. The molecule has 0 aromatic heterocycles. The minimum atomic E-state index is 0.340. The van der Waals surface area contributed by atoms with Gasteiger partial charge in [0.1, 0.15) is 0 Å². The molecule has 0 aromatic rings. The van der Waals surface area contributed by atoms with Gasteiger partial charge in [0.15, 0.2) is 6.29 Å². The minimum Gasteiger partial charge on any atom is -0.397 e. The number of nitrogens with zero attached hydrogens (tertiary/aromatic N) is 1. The molecule has 0 heterocycles. The van der Waals surface area contributed by atoms with Gasteiger partial charge < -0.3 is 5.73 Å². The molecule has 10 heavy (non-hydrogen) atoms. The van der Waals surface area contributed by atoms with E-state index in [2.05, 4.69) is 11.6 Å². The fourth-order valence-electron chi connectivity index (χ4n) is 0.448. The van der Waals surface area contributed by atoms with Crippen LogP contribution < -0.4 is 5.73 Å². The second kappa shape index (κ2) is 4.49. The lowest BCUT2D eigenvalue weighted by Gasteiger charge is -1.92. The molecule has 0 saturated carbocycles. The van der Waals surface area contributed by atoms with Crippen molar-refractivity contribution in [2.45, 2.75) is 0 Å². The number of aliphatic imine (C=N–C) groups is 1. The highest BCUT2D eigenvalue weighted by molar-refractivity contribution is 5.90. The summed E-state index contributed by atoms with van der Waals surface area (Å²) in [6.07, 6.45) is 3.44. The van der Waals surface area contributed by atoms with Gasteiger partial charge in [-0.15, -0.1) is 0 Å². The largest absolute Gasteiger partial charge is 0.397 e. The van der Waals surface area contributed by atoms with Gasteiger partial charge in [0, 0.05) is 18.8 Å². The van der Waals surface area contributed by atoms with Crippen molar-refractivity contribution in [3.05, 3.63) is 23.9 Å². The van der Waals surface area contributed by atoms with E-state index in [0.29, 0.717) is 17.6 Å². The molecule has 0 aliphatic carbocycles. The van der Waals surface area contributed by atoms with Crippen LogP contribution in [0.2, 0.25) is 0 Å². The summed E-state index contributed by atoms with van der Waals surface area (Å²) in [6, 6.07) is 0. The standard InChI is InChI=1S/C7H10N2O/c1-3-6(5-10)7(8)4-9-2/h3-5H,1,8H2,2H3/b7-6-,9-4-. The van der Waals surface area contributed by atoms with E-state index < -0.39 is 0 Å². The van der Waals surface area contributed by atoms with E-state index >= 15 is 0 Å². The van der Waals surface area contributed by atoms with E-state index in [-0.39, 0.29) is 0 Å². The number of hydrogen-bond donors (Lipinski definition) is 1. The molecule has 0 amide bonds. The molecule has 3 heteroatoms. The SMILES string of the molecule is C=C/C(C=O)=C(N)\C=N/C. The average Bonchev–Trinajstić information content (AvgIpc) is 1.91. The zero-order valence-corrected chi connectivity index (χ0v) is 5.87. The highest BCUT2D eigenvalue weighted by atomic mass is 16.1. The van der Waals surface area contributed by atoms with Gasteiger partial charge in [-0.3, -0.25) is 9.79 Å². The number of aldehydes is 1. The van der Waals surface area contributed by atoms with Gasteiger partial charge in [0.05, 0.1) is 5.70 Å². The molecule has 0 unspecified atom stereocenters. The topological polar surface area (TPSA) is 55.5 Å². The smallest absolute Gasteiger partial charge is 0.152 e. The summed E-state index contributed by atoms with van der Waals surface area (Å²) in [5, 5.41) is 0. The number of hydrogen-bond acceptors (Lipinski definition) is 3. The van der Waals surface area contributed by atoms with Gasteiger partial charge in [-0.25, -0.2) is 0 Å². The van der Waals surface area contributed by atoms with Crippen LogP contribution in [0.5, 0.6) is 0 Å². The zero-order chi connectivity index (χ0) is 7.98. The normalized spacial score (nSPS) is 12.9. The van der Waals surface area contributed by atoms with Crippen molar-refractivity contribution in [3.8, 4) is 0 Å². The summed E-state index contributed by atoms with van der Waals surface area (Å²) in [5.41, 5.74) is 6.08. The maximum Gasteiger partial charge on any atom is 0.152 e. The van der Waals surface area contributed by atoms with Crippen LogP contribution in [-0.4, -0.2) is 19.5 Å². The lowest BCUT2D eigenvalue weighted by atomic mass is 10.2. The molecule has 0 bridgehead atoms. The number of rotatable bonds is 3. The predicted molar refractivity (Wildman–Crippen MR) is 41.9 cm³/mol. The number of carbonyl (C=O) groups excluding carboxylic acids is 1. The van der Waals surface area contributed by atoms with Crippen LogP contribution in [-0.2, 0) is 4.79 Å². The second-order valence-electron chi connectivity index (χ2n) is 1.62. The number of carbonyl (C=O) groups is 1. The first-order valence-electron chi connectivity index (χ1n) is 2.75. The van der Waals surface area contributed by atoms with E-state index in [1.165, 1.54) is 12.3 Å². The Labute approximate surface area is 59.9 Å². The fourth-order valence-corrected chi connectivity index (χ4v) is 0.448. The molecule has 3 nitrogen and oxygen atoms in total. The van der Waals surface area contributed by atoms with E-state index in [1.54, 1.807) is 7.05 Å². The highest BCUT2D eigenvalue weighted by Crippen LogP contribution is 1.92. The summed E-state index contributed by atoms with van der Waals surface area (Å²) in [7, 11) is 1.58. The molecule has 0 aromatic carbocycles. The summed E-state index contributed by atoms with van der Waals surface area (Å²) in [4.78, 5) is 13.8. The third-order valence-corrected chi connectivity index (χ3v) is 0.948. The monoisotopic (exact) mass is 138 g/mol. The van der Waals surface area contributed by atoms with E-state index in [1.807, 2.05) is 0 Å². The van der Waals surface area contributed by atoms with Crippen molar-refractivity contribution in [2.24, 2.45) is 10.7 Å². The molecule has 0 aliphatic heterocycles. The fraction of sp³-hybridized carbons (Fsp3) is 0.143. The number of allylic oxidation sites excluding steroid dienone is 3. The first-order valence-corrected chi connectivity index (χ1v) is 2.75. The van der Waals surface area contributed by atoms with E-state index in [4.69, 9.17) is 5.73 Å². The summed E-state index contributed by atoms with van der Waals surface area (Å²) in [6.45, 7) is 3.40. The Morgan fingerprint density at radius 3 is 2.60 bits per heavy atom. The molecule has 0 spiro atoms. The molecule has 0 fully saturated rings. The summed E-state index contributed by atoms with van der Waals surface area (Å²) >= 11 is 0. The minimum absolute atomic E-state index is 0.340. The van der Waals surface area contributed by atoms with Gasteiger partial charge in [-0.05, 0) is 0 Å². The first kappa shape index (κ1) is 8.62. The van der Waals surface area contributed by atoms with Crippen LogP contribution in [0.25, 0.3) is 0 Å². The molecule has 54 valence electrons. The van der Waals surface area contributed by atoms with Gasteiger partial charge in [0.2, 0.25) is 0 Å².